The van der Waals surface area contributed by atoms with Gasteiger partial charge in [-0.3, -0.25) is 25.1 Å². The fourth-order valence-corrected chi connectivity index (χ4v) is 2.84. The number of nitrogens with one attached hydrogen (secondary N) is 2. The molecule has 162 valence electrons. The van der Waals surface area contributed by atoms with Gasteiger partial charge in [-0.15, -0.1) is 0 Å². The number of hydrogen-bond donors (Lipinski definition) is 2. The van der Waals surface area contributed by atoms with Crippen LogP contribution in [0.5, 0.6) is 11.5 Å². The lowest BCUT2D eigenvalue weighted by atomic mass is 9.92. The Morgan fingerprint density at radius 3 is 2.61 bits per heavy atom. The topological polar surface area (TPSA) is 111 Å². The second kappa shape index (κ2) is 8.95. The molecule has 0 radical (unpaired) electrons. The first-order valence-electron chi connectivity index (χ1n) is 9.80. The van der Waals surface area contributed by atoms with Crippen molar-refractivity contribution in [2.24, 2.45) is 12.5 Å². The molecule has 0 unspecified atom stereocenters. The van der Waals surface area contributed by atoms with Crippen LogP contribution in [0.1, 0.15) is 32.9 Å². The summed E-state index contributed by atoms with van der Waals surface area (Å²) in [7, 11) is 1.84. The molecule has 0 aliphatic heterocycles. The summed E-state index contributed by atoms with van der Waals surface area (Å²) in [6, 6.07) is 6.26. The highest BCUT2D eigenvalue weighted by molar-refractivity contribution is 6.00. The molecule has 0 aromatic carbocycles. The Bertz CT molecular complexity index is 1100. The third kappa shape index (κ3) is 6.36. The second-order valence-electron chi connectivity index (χ2n) is 8.40. The number of hydrogen-bond acceptors (Lipinski definition) is 6. The first-order chi connectivity index (χ1) is 14.6. The number of carbonyl (C=O) groups excluding carboxylic acids is 2. The van der Waals surface area contributed by atoms with Crippen LogP contribution >= 0.6 is 0 Å². The second-order valence-corrected chi connectivity index (χ2v) is 8.40. The van der Waals surface area contributed by atoms with Crippen molar-refractivity contribution in [2.45, 2.75) is 34.1 Å². The molecule has 3 heterocycles. The zero-order valence-electron chi connectivity index (χ0n) is 18.3. The van der Waals surface area contributed by atoms with E-state index in [0.29, 0.717) is 23.0 Å². The number of aromatic nitrogens is 4. The number of pyridine rings is 2. The van der Waals surface area contributed by atoms with Gasteiger partial charge >= 0.3 is 6.03 Å². The van der Waals surface area contributed by atoms with E-state index in [1.165, 1.54) is 0 Å². The number of carbonyl (C=O) groups is 2. The molecule has 2 N–H and O–H groups in total. The van der Waals surface area contributed by atoms with E-state index >= 15 is 0 Å². The fraction of sp³-hybridized carbons (Fsp3) is 0.318. The van der Waals surface area contributed by atoms with Gasteiger partial charge in [-0.05, 0) is 30.5 Å². The fourth-order valence-electron chi connectivity index (χ4n) is 2.84. The molecule has 9 nitrogen and oxygen atoms in total. The summed E-state index contributed by atoms with van der Waals surface area (Å²) < 4.78 is 7.65. The van der Waals surface area contributed by atoms with Crippen LogP contribution in [0.4, 0.5) is 10.6 Å². The van der Waals surface area contributed by atoms with Crippen LogP contribution in [0.2, 0.25) is 0 Å². The maximum atomic E-state index is 12.0. The van der Waals surface area contributed by atoms with Gasteiger partial charge in [0.05, 0.1) is 17.6 Å². The Hall–Kier alpha value is -3.75. The Labute approximate surface area is 180 Å². The number of ether oxygens (including phenoxy) is 1. The Balaban J connectivity index is 1.65. The van der Waals surface area contributed by atoms with Gasteiger partial charge in [0.2, 0.25) is 5.91 Å². The minimum Gasteiger partial charge on any atom is -0.455 e. The molecule has 0 saturated heterocycles. The molecule has 0 aliphatic rings. The minimum absolute atomic E-state index is 0.206. The van der Waals surface area contributed by atoms with Crippen molar-refractivity contribution in [1.29, 1.82) is 0 Å². The molecule has 0 aliphatic carbocycles. The van der Waals surface area contributed by atoms with E-state index in [-0.39, 0.29) is 17.7 Å². The molecule has 9 heteroatoms. The van der Waals surface area contributed by atoms with E-state index in [9.17, 15) is 9.59 Å². The third-order valence-electron chi connectivity index (χ3n) is 4.18. The molecule has 3 aromatic rings. The van der Waals surface area contributed by atoms with Crippen LogP contribution in [0, 0.1) is 12.3 Å². The summed E-state index contributed by atoms with van der Waals surface area (Å²) in [5.74, 6) is 1.11. The lowest BCUT2D eigenvalue weighted by molar-refractivity contribution is -0.121. The molecule has 0 spiro atoms. The van der Waals surface area contributed by atoms with Gasteiger partial charge in [0.1, 0.15) is 17.3 Å². The van der Waals surface area contributed by atoms with Crippen LogP contribution in [0.15, 0.2) is 42.9 Å². The van der Waals surface area contributed by atoms with Crippen LogP contribution in [0.25, 0.3) is 11.3 Å². The summed E-state index contributed by atoms with van der Waals surface area (Å²) in [6.45, 7) is 7.55. The molecular formula is C22H26N6O3. The molecule has 3 aromatic heterocycles. The first-order valence-corrected chi connectivity index (χ1v) is 9.80. The number of aryl methyl sites for hydroxylation is 2. The number of anilines is 1. The molecule has 0 fully saturated rings. The molecule has 0 saturated carbocycles. The summed E-state index contributed by atoms with van der Waals surface area (Å²) in [4.78, 5) is 32.6. The minimum atomic E-state index is -0.620. The summed E-state index contributed by atoms with van der Waals surface area (Å²) in [6.07, 6.45) is 5.51. The lowest BCUT2D eigenvalue weighted by Crippen LogP contribution is -2.36. The third-order valence-corrected chi connectivity index (χ3v) is 4.18. The van der Waals surface area contributed by atoms with Gasteiger partial charge in [0.15, 0.2) is 0 Å². The lowest BCUT2D eigenvalue weighted by Gasteiger charge is -2.17. The average molecular weight is 422 g/mol. The van der Waals surface area contributed by atoms with Gasteiger partial charge in [-0.1, -0.05) is 20.8 Å². The molecule has 0 bridgehead atoms. The zero-order chi connectivity index (χ0) is 22.6. The van der Waals surface area contributed by atoms with Gasteiger partial charge in [-0.2, -0.15) is 5.10 Å². The van der Waals surface area contributed by atoms with Crippen LogP contribution in [0.3, 0.4) is 0 Å². The van der Waals surface area contributed by atoms with E-state index in [1.54, 1.807) is 42.2 Å². The maximum Gasteiger partial charge on any atom is 0.327 e. The highest BCUT2D eigenvalue weighted by Gasteiger charge is 2.18. The van der Waals surface area contributed by atoms with Gasteiger partial charge < -0.3 is 4.74 Å². The zero-order valence-corrected chi connectivity index (χ0v) is 18.3. The van der Waals surface area contributed by atoms with Crippen molar-refractivity contribution < 1.29 is 14.3 Å². The number of rotatable bonds is 5. The van der Waals surface area contributed by atoms with Crippen molar-refractivity contribution >= 4 is 17.8 Å². The number of urea groups is 1. The highest BCUT2D eigenvalue weighted by atomic mass is 16.5. The van der Waals surface area contributed by atoms with E-state index in [4.69, 9.17) is 4.74 Å². The Morgan fingerprint density at radius 1 is 1.19 bits per heavy atom. The van der Waals surface area contributed by atoms with E-state index in [2.05, 4.69) is 25.7 Å². The van der Waals surface area contributed by atoms with E-state index in [0.717, 1.165) is 11.3 Å². The molecule has 3 rings (SSSR count). The van der Waals surface area contributed by atoms with Crippen molar-refractivity contribution in [3.05, 3.63) is 48.5 Å². The van der Waals surface area contributed by atoms with Crippen molar-refractivity contribution in [2.75, 3.05) is 5.32 Å². The van der Waals surface area contributed by atoms with Gasteiger partial charge in [-0.25, -0.2) is 9.78 Å². The predicted molar refractivity (Wildman–Crippen MR) is 117 cm³/mol. The Kier molecular flexibility index (Phi) is 6.33. The standard InChI is InChI=1S/C22H26N6O3/c1-14-18(31-16-8-9-23-17(10-16)15-12-24-28(5)13-15)6-7-19(25-14)26-21(30)27-20(29)11-22(2,3)4/h6-10,12-13H,11H2,1-5H3,(H2,25,26,27,29,30). The largest absolute Gasteiger partial charge is 0.455 e. The number of amides is 3. The average Bonchev–Trinajstić information content (AvgIpc) is 3.09. The van der Waals surface area contributed by atoms with Crippen molar-refractivity contribution in [3.8, 4) is 22.8 Å². The van der Waals surface area contributed by atoms with E-state index < -0.39 is 6.03 Å². The van der Waals surface area contributed by atoms with Crippen LogP contribution in [-0.2, 0) is 11.8 Å². The van der Waals surface area contributed by atoms with E-state index in [1.807, 2.05) is 40.1 Å². The quantitative estimate of drug-likeness (QED) is 0.641. The SMILES string of the molecule is Cc1nc(NC(=O)NC(=O)CC(C)(C)C)ccc1Oc1ccnc(-c2cnn(C)c2)c1. The highest BCUT2D eigenvalue weighted by Crippen LogP contribution is 2.27. The molecule has 3 amide bonds. The van der Waals surface area contributed by atoms with Gasteiger partial charge in [0, 0.05) is 37.5 Å². The molecular weight excluding hydrogens is 396 g/mol. The normalized spacial score (nSPS) is 11.1. The van der Waals surface area contributed by atoms with Crippen LogP contribution < -0.4 is 15.4 Å². The summed E-state index contributed by atoms with van der Waals surface area (Å²) in [5.41, 5.74) is 2.00. The van der Waals surface area contributed by atoms with Gasteiger partial charge in [0.25, 0.3) is 0 Å². The Morgan fingerprint density at radius 2 is 1.97 bits per heavy atom. The van der Waals surface area contributed by atoms with Crippen LogP contribution in [-0.4, -0.2) is 31.7 Å². The number of nitrogens with zero attached hydrogens (tertiary/aromatic N) is 4. The predicted octanol–water partition coefficient (Wildman–Crippen LogP) is 4.06. The van der Waals surface area contributed by atoms with Crippen molar-refractivity contribution in [1.82, 2.24) is 25.1 Å². The number of imide groups is 1. The maximum absolute atomic E-state index is 12.0. The van der Waals surface area contributed by atoms with Crippen molar-refractivity contribution in [3.63, 3.8) is 0 Å². The monoisotopic (exact) mass is 422 g/mol. The molecule has 31 heavy (non-hydrogen) atoms. The molecule has 0 atom stereocenters. The summed E-state index contributed by atoms with van der Waals surface area (Å²) in [5, 5.41) is 9.03. The smallest absolute Gasteiger partial charge is 0.327 e. The first kappa shape index (κ1) is 21.9. The summed E-state index contributed by atoms with van der Waals surface area (Å²) >= 11 is 0.